The van der Waals surface area contributed by atoms with Crippen molar-refractivity contribution in [2.75, 3.05) is 7.11 Å². The molecular weight excluding hydrogens is 490 g/mol. The highest BCUT2D eigenvalue weighted by Gasteiger charge is 2.41. The third-order valence-corrected chi connectivity index (χ3v) is 6.55. The van der Waals surface area contributed by atoms with Gasteiger partial charge in [-0.2, -0.15) is 0 Å². The minimum absolute atomic E-state index is 0.157. The van der Waals surface area contributed by atoms with Crippen molar-refractivity contribution in [3.05, 3.63) is 136 Å². The molecule has 37 heavy (non-hydrogen) atoms. The molecule has 0 radical (unpaired) electrons. The fraction of sp³-hybridized carbons (Fsp3) is 0.0714. The summed E-state index contributed by atoms with van der Waals surface area (Å²) in [6.45, 7) is 0. The summed E-state index contributed by atoms with van der Waals surface area (Å²) in [6.07, 6.45) is 1.05. The topological polar surface area (TPSA) is 88.0 Å². The van der Waals surface area contributed by atoms with E-state index in [1.54, 1.807) is 6.07 Å². The molecule has 0 bridgehead atoms. The van der Waals surface area contributed by atoms with Gasteiger partial charge in [0, 0.05) is 6.07 Å². The molecule has 6 rings (SSSR count). The summed E-state index contributed by atoms with van der Waals surface area (Å²) >= 11 is 6.54. The predicted molar refractivity (Wildman–Crippen MR) is 139 cm³/mol. The van der Waals surface area contributed by atoms with Crippen LogP contribution in [0.2, 0.25) is 5.15 Å². The molecule has 0 saturated carbocycles. The minimum Gasteiger partial charge on any atom is -0.479 e. The standard InChI is InChI=1S/C28H20ClN5O3/c1-36-26-24-22(17-23(29)31-25(24)33-27(35)37-18-30-33)34(32-26)28(19-11-5-2-6-12-19,20-13-7-3-8-14-20)21-15-9-4-10-16-21/h2-18H,1H3. The Morgan fingerprint density at radius 3 is 1.86 bits per heavy atom. The molecule has 6 aromatic rings. The van der Waals surface area contributed by atoms with E-state index >= 15 is 0 Å². The molecule has 8 nitrogen and oxygen atoms in total. The van der Waals surface area contributed by atoms with Crippen molar-refractivity contribution in [3.8, 4) is 11.7 Å². The third kappa shape index (κ3) is 3.53. The quantitative estimate of drug-likeness (QED) is 0.230. The monoisotopic (exact) mass is 509 g/mol. The number of halogens is 1. The van der Waals surface area contributed by atoms with Crippen LogP contribution in [0.25, 0.3) is 16.7 Å². The fourth-order valence-corrected chi connectivity index (χ4v) is 5.05. The molecule has 0 amide bonds. The van der Waals surface area contributed by atoms with Gasteiger partial charge in [-0.25, -0.2) is 14.5 Å². The summed E-state index contributed by atoms with van der Waals surface area (Å²) in [5, 5.41) is 9.62. The van der Waals surface area contributed by atoms with Gasteiger partial charge in [0.25, 0.3) is 0 Å². The Balaban J connectivity index is 1.82. The highest BCUT2D eigenvalue weighted by Crippen LogP contribution is 2.44. The number of hydrogen-bond acceptors (Lipinski definition) is 6. The lowest BCUT2D eigenvalue weighted by molar-refractivity contribution is 0.378. The van der Waals surface area contributed by atoms with Gasteiger partial charge in [-0.3, -0.25) is 0 Å². The van der Waals surface area contributed by atoms with Crippen LogP contribution in [0.1, 0.15) is 16.7 Å². The maximum absolute atomic E-state index is 12.4. The Morgan fingerprint density at radius 2 is 1.41 bits per heavy atom. The van der Waals surface area contributed by atoms with Crippen molar-refractivity contribution in [1.29, 1.82) is 0 Å². The molecule has 0 aliphatic heterocycles. The van der Waals surface area contributed by atoms with E-state index in [0.717, 1.165) is 27.8 Å². The molecule has 3 aromatic heterocycles. The van der Waals surface area contributed by atoms with Gasteiger partial charge in [-0.15, -0.1) is 14.9 Å². The van der Waals surface area contributed by atoms with Crippen LogP contribution in [0.4, 0.5) is 0 Å². The first-order chi connectivity index (χ1) is 18.1. The van der Waals surface area contributed by atoms with Crippen LogP contribution in [0.15, 0.2) is 113 Å². The van der Waals surface area contributed by atoms with E-state index in [1.807, 2.05) is 59.3 Å². The van der Waals surface area contributed by atoms with Crippen molar-refractivity contribution in [2.45, 2.75) is 5.54 Å². The molecule has 0 atom stereocenters. The van der Waals surface area contributed by atoms with E-state index in [9.17, 15) is 4.79 Å². The summed E-state index contributed by atoms with van der Waals surface area (Å²) in [6, 6.07) is 32.0. The molecule has 0 unspecified atom stereocenters. The van der Waals surface area contributed by atoms with Gasteiger partial charge in [-0.1, -0.05) is 103 Å². The van der Waals surface area contributed by atoms with Crippen LogP contribution in [0.3, 0.4) is 0 Å². The van der Waals surface area contributed by atoms with E-state index in [4.69, 9.17) is 25.9 Å². The number of nitrogens with zero attached hydrogens (tertiary/aromatic N) is 5. The first kappa shape index (κ1) is 22.8. The zero-order valence-corrected chi connectivity index (χ0v) is 20.4. The highest BCUT2D eigenvalue weighted by atomic mass is 35.5. The number of fused-ring (bicyclic) bond motifs is 1. The minimum atomic E-state index is -0.935. The largest absolute Gasteiger partial charge is 0.479 e. The molecule has 0 saturated heterocycles. The van der Waals surface area contributed by atoms with Crippen LogP contribution < -0.4 is 10.5 Å². The average molecular weight is 510 g/mol. The van der Waals surface area contributed by atoms with Crippen LogP contribution in [0.5, 0.6) is 5.88 Å². The van der Waals surface area contributed by atoms with Gasteiger partial charge in [-0.05, 0) is 16.7 Å². The first-order valence-electron chi connectivity index (χ1n) is 11.5. The van der Waals surface area contributed by atoms with E-state index in [2.05, 4.69) is 46.5 Å². The molecule has 182 valence electrons. The second-order valence-electron chi connectivity index (χ2n) is 8.31. The lowest BCUT2D eigenvalue weighted by Crippen LogP contribution is -2.38. The molecule has 3 aromatic carbocycles. The van der Waals surface area contributed by atoms with E-state index in [1.165, 1.54) is 7.11 Å². The first-order valence-corrected chi connectivity index (χ1v) is 11.9. The van der Waals surface area contributed by atoms with E-state index < -0.39 is 11.3 Å². The number of ether oxygens (including phenoxy) is 1. The number of benzene rings is 3. The van der Waals surface area contributed by atoms with Crippen molar-refractivity contribution >= 4 is 22.5 Å². The van der Waals surface area contributed by atoms with Gasteiger partial charge >= 0.3 is 5.76 Å². The summed E-state index contributed by atoms with van der Waals surface area (Å²) in [5.74, 6) is -0.282. The summed E-state index contributed by atoms with van der Waals surface area (Å²) in [7, 11) is 1.52. The molecule has 0 N–H and O–H groups in total. The fourth-order valence-electron chi connectivity index (χ4n) is 4.87. The van der Waals surface area contributed by atoms with Gasteiger partial charge in [0.05, 0.1) is 12.6 Å². The Bertz CT molecular complexity index is 1650. The average Bonchev–Trinajstić information content (AvgIpc) is 3.54. The maximum atomic E-state index is 12.4. The van der Waals surface area contributed by atoms with Crippen LogP contribution >= 0.6 is 11.6 Å². The zero-order valence-electron chi connectivity index (χ0n) is 19.7. The normalized spacial score (nSPS) is 11.6. The van der Waals surface area contributed by atoms with Crippen molar-refractivity contribution in [1.82, 2.24) is 24.5 Å². The summed E-state index contributed by atoms with van der Waals surface area (Å²) < 4.78 is 13.6. The second-order valence-corrected chi connectivity index (χ2v) is 8.70. The number of pyridine rings is 1. The van der Waals surface area contributed by atoms with Gasteiger partial charge in [0.1, 0.15) is 16.1 Å². The number of rotatable bonds is 6. The highest BCUT2D eigenvalue weighted by molar-refractivity contribution is 6.30. The van der Waals surface area contributed by atoms with Crippen molar-refractivity contribution in [3.63, 3.8) is 0 Å². The van der Waals surface area contributed by atoms with Crippen LogP contribution in [0, 0.1) is 0 Å². The third-order valence-electron chi connectivity index (χ3n) is 6.36. The molecule has 9 heteroatoms. The molecule has 3 heterocycles. The zero-order chi connectivity index (χ0) is 25.4. The van der Waals surface area contributed by atoms with Gasteiger partial charge in [0.15, 0.2) is 5.82 Å². The summed E-state index contributed by atoms with van der Waals surface area (Å²) in [5.41, 5.74) is 2.56. The second kappa shape index (κ2) is 9.07. The Kier molecular flexibility index (Phi) is 5.58. The Hall–Kier alpha value is -4.69. The van der Waals surface area contributed by atoms with E-state index in [0.29, 0.717) is 10.9 Å². The SMILES string of the molecule is COc1nn(C(c2ccccc2)(c2ccccc2)c2ccccc2)c2cc(Cl)nc(-n3ncoc3=O)c12. The van der Waals surface area contributed by atoms with Gasteiger partial charge < -0.3 is 9.15 Å². The molecule has 0 aliphatic rings. The predicted octanol–water partition coefficient (Wildman–Crippen LogP) is 5.07. The maximum Gasteiger partial charge on any atom is 0.443 e. The smallest absolute Gasteiger partial charge is 0.443 e. The molecular formula is C28H20ClN5O3. The molecule has 0 fully saturated rings. The number of aromatic nitrogens is 5. The van der Waals surface area contributed by atoms with Crippen LogP contribution in [-0.2, 0) is 5.54 Å². The summed E-state index contributed by atoms with van der Waals surface area (Å²) in [4.78, 5) is 16.8. The lowest BCUT2D eigenvalue weighted by atomic mass is 9.77. The molecule has 0 spiro atoms. The van der Waals surface area contributed by atoms with Gasteiger partial charge in [0.2, 0.25) is 12.3 Å². The lowest BCUT2D eigenvalue weighted by Gasteiger charge is -2.36. The van der Waals surface area contributed by atoms with E-state index in [-0.39, 0.29) is 16.9 Å². The van der Waals surface area contributed by atoms with Crippen molar-refractivity contribution < 1.29 is 9.15 Å². The Morgan fingerprint density at radius 1 is 0.865 bits per heavy atom. The van der Waals surface area contributed by atoms with Crippen molar-refractivity contribution in [2.24, 2.45) is 0 Å². The number of hydrogen-bond donors (Lipinski definition) is 0. The van der Waals surface area contributed by atoms with Crippen LogP contribution in [-0.4, -0.2) is 31.7 Å². The Labute approximate surface area is 216 Å². The number of methoxy groups -OCH3 is 1. The molecule has 0 aliphatic carbocycles.